The number of amides is 1. The first kappa shape index (κ1) is 28.0. The topological polar surface area (TPSA) is 85.5 Å². The van der Waals surface area contributed by atoms with E-state index in [2.05, 4.69) is 31.1 Å². The zero-order valence-corrected chi connectivity index (χ0v) is 24.2. The van der Waals surface area contributed by atoms with Crippen LogP contribution in [-0.2, 0) is 11.2 Å². The summed E-state index contributed by atoms with van der Waals surface area (Å²) in [6, 6.07) is 5.97. The number of hydrogen-bond donors (Lipinski definition) is 3. The highest BCUT2D eigenvalue weighted by atomic mass is 35.5. The van der Waals surface area contributed by atoms with Gasteiger partial charge in [-0.05, 0) is 82.3 Å². The van der Waals surface area contributed by atoms with Crippen LogP contribution in [0.15, 0.2) is 34.8 Å². The van der Waals surface area contributed by atoms with Gasteiger partial charge < -0.3 is 19.9 Å². The van der Waals surface area contributed by atoms with Gasteiger partial charge in [0.15, 0.2) is 5.13 Å². The number of benzene rings is 1. The number of nitrogens with one attached hydrogen (secondary N) is 3. The van der Waals surface area contributed by atoms with Gasteiger partial charge in [-0.15, -0.1) is 0 Å². The summed E-state index contributed by atoms with van der Waals surface area (Å²) in [5.74, 6) is 0. The number of fused-ring (bicyclic) bond motifs is 1. The number of thiazole rings is 1. The number of H-pyrrole nitrogens is 1. The molecule has 11 heteroatoms. The Morgan fingerprint density at radius 1 is 1.22 bits per heavy atom. The van der Waals surface area contributed by atoms with Gasteiger partial charge >= 0.3 is 6.09 Å². The fraction of sp³-hybridized carbons (Fsp3) is 0.538. The number of ether oxygens (including phenoxy) is 1. The summed E-state index contributed by atoms with van der Waals surface area (Å²) < 4.78 is 10.1. The standard InChI is InChI=1S/C26H37ClN6O2S2/c1-26(2,3)35-25(34)33-14-12-32(13-15-33)11-5-9-28-24-30-18-23(36-24)37-31-10-4-6-19-17-29-22-8-7-20(27)16-21(19)22/h7-8,16-18,29,31H,4-6,9-15H2,1-3H3,(H,28,30). The summed E-state index contributed by atoms with van der Waals surface area (Å²) in [5, 5.41) is 6.38. The Hall–Kier alpha value is -1.98. The number of aromatic amines is 1. The summed E-state index contributed by atoms with van der Waals surface area (Å²) in [7, 11) is 0. The molecule has 0 unspecified atom stereocenters. The molecular formula is C26H37ClN6O2S2. The molecule has 0 aliphatic carbocycles. The van der Waals surface area contributed by atoms with E-state index in [0.717, 1.165) is 85.0 Å². The maximum atomic E-state index is 12.2. The number of nitrogens with zero attached hydrogens (tertiary/aromatic N) is 3. The molecule has 3 heterocycles. The molecule has 1 amide bonds. The monoisotopic (exact) mass is 564 g/mol. The van der Waals surface area contributed by atoms with Crippen molar-refractivity contribution in [2.45, 2.75) is 49.8 Å². The third-order valence-electron chi connectivity index (χ3n) is 6.06. The largest absolute Gasteiger partial charge is 0.444 e. The number of aromatic nitrogens is 2. The minimum Gasteiger partial charge on any atom is -0.444 e. The van der Waals surface area contributed by atoms with Gasteiger partial charge in [-0.25, -0.2) is 9.78 Å². The van der Waals surface area contributed by atoms with Crippen LogP contribution in [0.5, 0.6) is 0 Å². The fourth-order valence-corrected chi connectivity index (χ4v) is 6.02. The molecule has 8 nitrogen and oxygen atoms in total. The normalized spacial score (nSPS) is 14.9. The smallest absolute Gasteiger partial charge is 0.410 e. The van der Waals surface area contributed by atoms with Gasteiger partial charge in [-0.2, -0.15) is 0 Å². The minimum atomic E-state index is -0.446. The number of carbonyl (C=O) groups excluding carboxylic acids is 1. The lowest BCUT2D eigenvalue weighted by atomic mass is 10.1. The number of aryl methyl sites for hydroxylation is 1. The van der Waals surface area contributed by atoms with E-state index in [0.29, 0.717) is 0 Å². The van der Waals surface area contributed by atoms with Crippen molar-refractivity contribution in [3.8, 4) is 0 Å². The summed E-state index contributed by atoms with van der Waals surface area (Å²) >= 11 is 9.46. The van der Waals surface area contributed by atoms with Gasteiger partial charge in [0.05, 0.1) is 10.4 Å². The molecule has 1 aromatic carbocycles. The fourth-order valence-electron chi connectivity index (χ4n) is 4.20. The Bertz CT molecular complexity index is 1150. The Kier molecular flexibility index (Phi) is 10.00. The van der Waals surface area contributed by atoms with Crippen molar-refractivity contribution < 1.29 is 9.53 Å². The molecule has 1 saturated heterocycles. The summed E-state index contributed by atoms with van der Waals surface area (Å²) in [4.78, 5) is 24.2. The molecule has 0 radical (unpaired) electrons. The highest BCUT2D eigenvalue weighted by molar-refractivity contribution is 7.99. The average molecular weight is 565 g/mol. The summed E-state index contributed by atoms with van der Waals surface area (Å²) in [6.45, 7) is 11.7. The SMILES string of the molecule is CC(C)(C)OC(=O)N1CCN(CCCNc2ncc(SNCCCc3c[nH]c4ccc(Cl)cc34)s2)CC1. The minimum absolute atomic E-state index is 0.208. The molecule has 0 spiro atoms. The first-order valence-electron chi connectivity index (χ1n) is 12.8. The van der Waals surface area contributed by atoms with Crippen molar-refractivity contribution >= 4 is 57.0 Å². The maximum Gasteiger partial charge on any atom is 0.410 e. The van der Waals surface area contributed by atoms with Gasteiger partial charge in [0.2, 0.25) is 0 Å². The lowest BCUT2D eigenvalue weighted by Crippen LogP contribution is -2.50. The number of anilines is 1. The third kappa shape index (κ3) is 8.78. The highest BCUT2D eigenvalue weighted by Crippen LogP contribution is 2.27. The number of hydrogen-bond acceptors (Lipinski definition) is 8. The first-order chi connectivity index (χ1) is 17.8. The van der Waals surface area contributed by atoms with Gasteiger partial charge in [-0.3, -0.25) is 9.62 Å². The predicted octanol–water partition coefficient (Wildman–Crippen LogP) is 5.86. The van der Waals surface area contributed by atoms with Crippen LogP contribution >= 0.6 is 34.9 Å². The zero-order valence-electron chi connectivity index (χ0n) is 21.8. The molecule has 1 aliphatic heterocycles. The number of rotatable bonds is 11. The van der Waals surface area contributed by atoms with Gasteiger partial charge in [0.1, 0.15) is 5.60 Å². The molecule has 0 saturated carbocycles. The molecule has 37 heavy (non-hydrogen) atoms. The Morgan fingerprint density at radius 3 is 2.81 bits per heavy atom. The lowest BCUT2D eigenvalue weighted by molar-refractivity contribution is 0.0145. The van der Waals surface area contributed by atoms with Crippen molar-refractivity contribution in [2.75, 3.05) is 51.1 Å². The van der Waals surface area contributed by atoms with Gasteiger partial charge in [0.25, 0.3) is 0 Å². The van der Waals surface area contributed by atoms with Crippen molar-refractivity contribution in [2.24, 2.45) is 0 Å². The van der Waals surface area contributed by atoms with E-state index in [1.807, 2.05) is 45.2 Å². The Morgan fingerprint density at radius 2 is 2.03 bits per heavy atom. The van der Waals surface area contributed by atoms with Gasteiger partial charge in [0, 0.05) is 61.4 Å². The molecule has 1 aliphatic rings. The van der Waals surface area contributed by atoms with E-state index >= 15 is 0 Å². The van der Waals surface area contributed by atoms with Crippen molar-refractivity contribution in [1.29, 1.82) is 0 Å². The molecule has 202 valence electrons. The number of halogens is 1. The van der Waals surface area contributed by atoms with E-state index in [9.17, 15) is 4.79 Å². The maximum absolute atomic E-state index is 12.2. The Balaban J connectivity index is 1.06. The molecular weight excluding hydrogens is 528 g/mol. The molecule has 0 atom stereocenters. The molecule has 3 N–H and O–H groups in total. The molecule has 4 rings (SSSR count). The van der Waals surface area contributed by atoms with Crippen molar-refractivity contribution in [3.05, 3.63) is 41.2 Å². The van der Waals surface area contributed by atoms with Crippen LogP contribution in [0.3, 0.4) is 0 Å². The molecule has 1 fully saturated rings. The van der Waals surface area contributed by atoms with Crippen LogP contribution in [0, 0.1) is 0 Å². The summed E-state index contributed by atoms with van der Waals surface area (Å²) in [6.07, 6.45) is 6.87. The Labute approximate surface area is 232 Å². The zero-order chi connectivity index (χ0) is 26.3. The number of piperazine rings is 1. The van der Waals surface area contributed by atoms with Gasteiger partial charge in [-0.1, -0.05) is 22.9 Å². The van der Waals surface area contributed by atoms with Crippen LogP contribution in [0.2, 0.25) is 5.02 Å². The van der Waals surface area contributed by atoms with E-state index in [1.165, 1.54) is 10.9 Å². The second-order valence-corrected chi connectivity index (χ2v) is 12.8. The second kappa shape index (κ2) is 13.2. The predicted molar refractivity (Wildman–Crippen MR) is 155 cm³/mol. The van der Waals surface area contributed by atoms with Crippen LogP contribution < -0.4 is 10.0 Å². The quantitative estimate of drug-likeness (QED) is 0.198. The number of carbonyl (C=O) groups is 1. The van der Waals surface area contributed by atoms with Crippen molar-refractivity contribution in [3.63, 3.8) is 0 Å². The highest BCUT2D eigenvalue weighted by Gasteiger charge is 2.25. The second-order valence-electron chi connectivity index (χ2n) is 10.2. The van der Waals surface area contributed by atoms with Crippen molar-refractivity contribution in [1.82, 2.24) is 24.5 Å². The third-order valence-corrected chi connectivity index (χ3v) is 8.20. The van der Waals surface area contributed by atoms with E-state index in [-0.39, 0.29) is 6.09 Å². The van der Waals surface area contributed by atoms with Crippen LogP contribution in [-0.4, -0.2) is 77.3 Å². The van der Waals surface area contributed by atoms with E-state index < -0.39 is 5.60 Å². The van der Waals surface area contributed by atoms with Crippen LogP contribution in [0.25, 0.3) is 10.9 Å². The lowest BCUT2D eigenvalue weighted by Gasteiger charge is -2.35. The van der Waals surface area contributed by atoms with Crippen LogP contribution in [0.4, 0.5) is 9.93 Å². The van der Waals surface area contributed by atoms with E-state index in [4.69, 9.17) is 16.3 Å². The average Bonchev–Trinajstić information content (AvgIpc) is 3.47. The molecule has 0 bridgehead atoms. The molecule has 3 aromatic rings. The van der Waals surface area contributed by atoms with E-state index in [1.54, 1.807) is 28.2 Å². The molecule has 2 aromatic heterocycles. The summed E-state index contributed by atoms with van der Waals surface area (Å²) in [5.41, 5.74) is 1.99. The van der Waals surface area contributed by atoms with Crippen LogP contribution in [0.1, 0.15) is 39.2 Å². The first-order valence-corrected chi connectivity index (χ1v) is 14.8.